The van der Waals surface area contributed by atoms with Crippen LogP contribution in [0.25, 0.3) is 0 Å². The van der Waals surface area contributed by atoms with Gasteiger partial charge < -0.3 is 54.0 Å². The van der Waals surface area contributed by atoms with Crippen molar-refractivity contribution in [2.24, 2.45) is 41.4 Å². The van der Waals surface area contributed by atoms with Crippen LogP contribution in [0.4, 0.5) is 0 Å². The van der Waals surface area contributed by atoms with Crippen LogP contribution in [0, 0.1) is 41.4 Å². The van der Waals surface area contributed by atoms with Crippen molar-refractivity contribution < 1.29 is 63.5 Å². The molecular formula is C43H56O13. The van der Waals surface area contributed by atoms with Crippen LogP contribution in [0.5, 0.6) is 0 Å². The molecule has 4 saturated carbocycles. The highest BCUT2D eigenvalue weighted by Gasteiger charge is 2.90. The summed E-state index contributed by atoms with van der Waals surface area (Å²) in [6, 6.07) is 9.03. The molecule has 4 saturated heterocycles. The van der Waals surface area contributed by atoms with Crippen molar-refractivity contribution in [3.05, 3.63) is 60.2 Å². The van der Waals surface area contributed by atoms with Crippen LogP contribution in [0.1, 0.15) is 78.7 Å². The van der Waals surface area contributed by atoms with Gasteiger partial charge in [-0.2, -0.15) is 0 Å². The molecule has 1 aromatic carbocycles. The van der Waals surface area contributed by atoms with Gasteiger partial charge in [0.05, 0.1) is 17.8 Å². The lowest BCUT2D eigenvalue weighted by molar-refractivity contribution is -0.595. The maximum absolute atomic E-state index is 13.5. The highest BCUT2D eigenvalue weighted by molar-refractivity contribution is 5.82. The van der Waals surface area contributed by atoms with Gasteiger partial charge in [0.15, 0.2) is 0 Å². The number of carbonyl (C=O) groups excluding carboxylic acids is 2. The Morgan fingerprint density at radius 3 is 2.41 bits per heavy atom. The molecule has 13 nitrogen and oxygen atoms in total. The molecule has 13 heteroatoms. The number of epoxide rings is 1. The first-order valence-electron chi connectivity index (χ1n) is 20.5. The topological polar surface area (TPSA) is 194 Å². The molecule has 4 aliphatic carbocycles. The summed E-state index contributed by atoms with van der Waals surface area (Å²) in [4.78, 5) is 26.6. The third kappa shape index (κ3) is 5.05. The summed E-state index contributed by atoms with van der Waals surface area (Å²) >= 11 is 0. The highest BCUT2D eigenvalue weighted by atomic mass is 16.9. The average molecular weight is 781 g/mol. The largest absolute Gasteiger partial charge is 0.458 e. The third-order valence-electron chi connectivity index (χ3n) is 15.4. The molecule has 0 aromatic heterocycles. The van der Waals surface area contributed by atoms with E-state index in [2.05, 4.69) is 6.92 Å². The van der Waals surface area contributed by atoms with Gasteiger partial charge in [-0.25, -0.2) is 4.79 Å². The lowest BCUT2D eigenvalue weighted by atomic mass is 9.49. The fraction of sp³-hybridized carbons (Fsp3) is 0.721. The second-order valence-electron chi connectivity index (χ2n) is 18.7. The Morgan fingerprint density at radius 2 is 1.70 bits per heavy atom. The molecule has 306 valence electrons. The van der Waals surface area contributed by atoms with Crippen LogP contribution in [-0.2, 0) is 44.0 Å². The summed E-state index contributed by atoms with van der Waals surface area (Å²) in [6.07, 6.45) is 1.39. The van der Waals surface area contributed by atoms with Gasteiger partial charge in [-0.1, -0.05) is 70.2 Å². The second kappa shape index (κ2) is 12.9. The minimum absolute atomic E-state index is 0.0587. The van der Waals surface area contributed by atoms with Crippen LogP contribution < -0.4 is 0 Å². The number of hydrogen-bond donors (Lipinski definition) is 5. The molecule has 1 spiro atoms. The number of benzene rings is 1. The van der Waals surface area contributed by atoms with Gasteiger partial charge in [0.2, 0.25) is 0 Å². The summed E-state index contributed by atoms with van der Waals surface area (Å²) in [7, 11) is 0. The molecule has 0 radical (unpaired) electrons. The number of hydrogen-bond acceptors (Lipinski definition) is 13. The van der Waals surface area contributed by atoms with Crippen molar-refractivity contribution in [2.45, 2.75) is 144 Å². The summed E-state index contributed by atoms with van der Waals surface area (Å²) in [5, 5.41) is 62.8. The van der Waals surface area contributed by atoms with Gasteiger partial charge in [0.25, 0.3) is 0 Å². The molecule has 1 aromatic rings. The molecule has 5 heterocycles. The van der Waals surface area contributed by atoms with E-state index < -0.39 is 101 Å². The smallest absolute Gasteiger partial charge is 0.331 e. The van der Waals surface area contributed by atoms with E-state index >= 15 is 0 Å². The number of allylic oxidation sites excluding steroid dienone is 2. The van der Waals surface area contributed by atoms with Crippen LogP contribution in [0.2, 0.25) is 0 Å². The van der Waals surface area contributed by atoms with E-state index in [1.165, 1.54) is 12.2 Å². The fourth-order valence-corrected chi connectivity index (χ4v) is 12.7. The van der Waals surface area contributed by atoms with Gasteiger partial charge >= 0.3 is 17.9 Å². The van der Waals surface area contributed by atoms with E-state index in [0.717, 1.165) is 0 Å². The zero-order valence-corrected chi connectivity index (χ0v) is 32.7. The lowest BCUT2D eigenvalue weighted by Crippen LogP contribution is -2.89. The minimum Gasteiger partial charge on any atom is -0.458 e. The standard InChI is InChI=1S/C43H56O13/c1-22(2)19-32(46)51-28-13-9-10-14-31(45)52-30-18-17-29-40(30,49)37(47)39(21-44)35(53-39)33-36-42(50,38(5,48)20-25-15-16-27(28)23(25)3)34-24(4)41(29,33)56-43(54-34,55-36)26-11-7-6-8-12-26/h6-14,22-25,27-30,33-37,44,47-50H,15-21H2,1-5H3/b13-9+,14-10+/t23-,24+,25+,27-,28-,29+,30-,33-,34-,35-,36+,37+,38+,39-,40+,41-,42-,43?/m0/s1. The number of fused-ring (bicyclic) bond motifs is 3. The van der Waals surface area contributed by atoms with Gasteiger partial charge in [-0.05, 0) is 62.9 Å². The summed E-state index contributed by atoms with van der Waals surface area (Å²) in [6.45, 7) is 8.76. The van der Waals surface area contributed by atoms with Crippen molar-refractivity contribution in [3.8, 4) is 0 Å². The Kier molecular flexibility index (Phi) is 8.93. The monoisotopic (exact) mass is 780 g/mol. The molecule has 0 amide bonds. The van der Waals surface area contributed by atoms with Gasteiger partial charge in [-0.3, -0.25) is 4.79 Å². The fourth-order valence-electron chi connectivity index (χ4n) is 12.7. The molecule has 56 heavy (non-hydrogen) atoms. The zero-order valence-electron chi connectivity index (χ0n) is 32.7. The van der Waals surface area contributed by atoms with Crippen molar-refractivity contribution in [3.63, 3.8) is 0 Å². The Balaban J connectivity index is 1.21. The zero-order chi connectivity index (χ0) is 39.8. The first-order valence-corrected chi connectivity index (χ1v) is 20.5. The van der Waals surface area contributed by atoms with Crippen LogP contribution >= 0.6 is 0 Å². The van der Waals surface area contributed by atoms with Crippen molar-refractivity contribution in [2.75, 3.05) is 6.61 Å². The number of aliphatic hydroxyl groups is 5. The summed E-state index contributed by atoms with van der Waals surface area (Å²) in [5.74, 6) is -5.74. The first kappa shape index (κ1) is 38.8. The van der Waals surface area contributed by atoms with Gasteiger partial charge in [-0.15, -0.1) is 0 Å². The van der Waals surface area contributed by atoms with Crippen LogP contribution in [-0.4, -0.2) is 109 Å². The molecule has 18 atom stereocenters. The Labute approximate surface area is 326 Å². The second-order valence-corrected chi connectivity index (χ2v) is 18.7. The number of carbonyl (C=O) groups is 2. The predicted octanol–water partition coefficient (Wildman–Crippen LogP) is 2.79. The van der Waals surface area contributed by atoms with E-state index in [0.29, 0.717) is 18.4 Å². The quantitative estimate of drug-likeness (QED) is 0.217. The number of rotatable bonds is 5. The number of ether oxygens (including phenoxy) is 6. The summed E-state index contributed by atoms with van der Waals surface area (Å²) in [5.41, 5.74) is -8.74. The molecule has 10 rings (SSSR count). The molecule has 1 unspecified atom stereocenters. The van der Waals surface area contributed by atoms with E-state index in [4.69, 9.17) is 28.4 Å². The third-order valence-corrected chi connectivity index (χ3v) is 15.4. The molecule has 9 aliphatic rings. The minimum atomic E-state index is -2.18. The Morgan fingerprint density at radius 1 is 0.964 bits per heavy atom. The van der Waals surface area contributed by atoms with Crippen LogP contribution in [0.15, 0.2) is 54.6 Å². The van der Waals surface area contributed by atoms with Gasteiger partial charge in [0.1, 0.15) is 53.4 Å². The summed E-state index contributed by atoms with van der Waals surface area (Å²) < 4.78 is 39.3. The lowest BCUT2D eigenvalue weighted by Gasteiger charge is -2.74. The first-order chi connectivity index (χ1) is 26.5. The molecular weight excluding hydrogens is 724 g/mol. The van der Waals surface area contributed by atoms with Crippen LogP contribution in [0.3, 0.4) is 0 Å². The Hall–Kier alpha value is -2.72. The maximum Gasteiger partial charge on any atom is 0.331 e. The van der Waals surface area contributed by atoms with Crippen molar-refractivity contribution in [1.29, 1.82) is 0 Å². The molecule has 10 bridgehead atoms. The normalized spacial score (nSPS) is 53.8. The Bertz CT molecular complexity index is 1800. The van der Waals surface area contributed by atoms with E-state index in [1.54, 1.807) is 31.2 Å². The van der Waals surface area contributed by atoms with E-state index in [1.807, 2.05) is 39.0 Å². The molecule has 5 aliphatic heterocycles. The average Bonchev–Trinajstić information content (AvgIpc) is 3.66. The predicted molar refractivity (Wildman–Crippen MR) is 196 cm³/mol. The molecule has 8 fully saturated rings. The SMILES string of the molecule is CC(C)CC(=O)O[C@H]1/C=C/C=C/C(=O)O[C@H]2CC[C@@H]3[C@]2(O)[C@H](O)[C@@]2(CO)O[C@H]2[C@H]2[C@H]4OC5(c6ccccc6)O[C@@H]([C@@H](C)[C@@]23O5)[C@@]4(O)[C@](C)(O)C[C@H]2CC[C@H]1[C@H]2C. The van der Waals surface area contributed by atoms with Crippen molar-refractivity contribution in [1.82, 2.24) is 0 Å². The highest BCUT2D eigenvalue weighted by Crippen LogP contribution is 2.74. The molecule has 5 N–H and O–H groups in total. The number of esters is 2. The van der Waals surface area contributed by atoms with E-state index in [9.17, 15) is 35.1 Å². The van der Waals surface area contributed by atoms with E-state index in [-0.39, 0.29) is 55.3 Å². The van der Waals surface area contributed by atoms with Crippen molar-refractivity contribution >= 4 is 11.9 Å². The van der Waals surface area contributed by atoms with Gasteiger partial charge in [0, 0.05) is 41.7 Å². The maximum atomic E-state index is 13.5. The number of aliphatic hydroxyl groups excluding tert-OH is 2.